The summed E-state index contributed by atoms with van der Waals surface area (Å²) in [4.78, 5) is 0.104. The van der Waals surface area contributed by atoms with Crippen LogP contribution in [-0.2, 0) is 16.6 Å². The molecule has 2 N–H and O–H groups in total. The smallest absolute Gasteiger partial charge is 0.248 e. The SMILES string of the molecule is CCN(CC(C)C)S(=O)(=O)c1cn(CC)nc1N. The van der Waals surface area contributed by atoms with Gasteiger partial charge in [0.2, 0.25) is 10.0 Å². The maximum atomic E-state index is 12.4. The molecule has 0 radical (unpaired) electrons. The van der Waals surface area contributed by atoms with Crippen LogP contribution < -0.4 is 5.73 Å². The molecule has 18 heavy (non-hydrogen) atoms. The van der Waals surface area contributed by atoms with Crippen LogP contribution in [0.25, 0.3) is 0 Å². The van der Waals surface area contributed by atoms with Crippen molar-refractivity contribution in [3.63, 3.8) is 0 Å². The number of anilines is 1. The van der Waals surface area contributed by atoms with Crippen LogP contribution in [0.1, 0.15) is 27.7 Å². The Hall–Kier alpha value is -1.08. The highest BCUT2D eigenvalue weighted by molar-refractivity contribution is 7.89. The highest BCUT2D eigenvalue weighted by Crippen LogP contribution is 2.21. The lowest BCUT2D eigenvalue weighted by Gasteiger charge is -2.21. The van der Waals surface area contributed by atoms with Gasteiger partial charge in [0.05, 0.1) is 0 Å². The van der Waals surface area contributed by atoms with E-state index in [4.69, 9.17) is 5.73 Å². The van der Waals surface area contributed by atoms with E-state index < -0.39 is 10.0 Å². The maximum Gasteiger partial charge on any atom is 0.248 e. The minimum atomic E-state index is -3.54. The molecule has 104 valence electrons. The number of nitrogens with zero attached hydrogens (tertiary/aromatic N) is 3. The quantitative estimate of drug-likeness (QED) is 0.843. The number of aryl methyl sites for hydroxylation is 1. The predicted molar refractivity (Wildman–Crippen MR) is 71.6 cm³/mol. The third-order valence-corrected chi connectivity index (χ3v) is 4.58. The molecule has 0 amide bonds. The summed E-state index contributed by atoms with van der Waals surface area (Å²) in [6, 6.07) is 0. The zero-order chi connectivity index (χ0) is 13.9. The Morgan fingerprint density at radius 3 is 2.44 bits per heavy atom. The molecule has 0 aliphatic rings. The summed E-state index contributed by atoms with van der Waals surface area (Å²) < 4.78 is 27.9. The highest BCUT2D eigenvalue weighted by Gasteiger charge is 2.28. The number of nitrogen functional groups attached to an aromatic ring is 1. The largest absolute Gasteiger partial charge is 0.381 e. The average Bonchev–Trinajstić information content (AvgIpc) is 2.67. The van der Waals surface area contributed by atoms with E-state index in [1.165, 1.54) is 15.2 Å². The van der Waals surface area contributed by atoms with Crippen LogP contribution in [0, 0.1) is 5.92 Å². The van der Waals surface area contributed by atoms with E-state index in [0.717, 1.165) is 0 Å². The molecule has 7 heteroatoms. The monoisotopic (exact) mass is 274 g/mol. The molecule has 0 aromatic carbocycles. The van der Waals surface area contributed by atoms with E-state index in [2.05, 4.69) is 5.10 Å². The second kappa shape index (κ2) is 5.71. The molecule has 0 atom stereocenters. The lowest BCUT2D eigenvalue weighted by atomic mass is 10.2. The van der Waals surface area contributed by atoms with Crippen LogP contribution in [-0.4, -0.2) is 35.6 Å². The molecule has 0 saturated carbocycles. The summed E-state index contributed by atoms with van der Waals surface area (Å²) in [5, 5.41) is 3.98. The molecule has 0 saturated heterocycles. The molecule has 0 bridgehead atoms. The van der Waals surface area contributed by atoms with E-state index >= 15 is 0 Å². The first kappa shape index (κ1) is 15.0. The second-order valence-corrected chi connectivity index (χ2v) is 6.49. The minimum absolute atomic E-state index is 0.0686. The van der Waals surface area contributed by atoms with Gasteiger partial charge in [-0.2, -0.15) is 9.40 Å². The third kappa shape index (κ3) is 3.02. The molecule has 0 aliphatic heterocycles. The molecule has 0 unspecified atom stereocenters. The number of nitrogens with two attached hydrogens (primary N) is 1. The fourth-order valence-corrected chi connectivity index (χ4v) is 3.39. The van der Waals surface area contributed by atoms with Crippen LogP contribution in [0.2, 0.25) is 0 Å². The van der Waals surface area contributed by atoms with Crippen LogP contribution in [0.15, 0.2) is 11.1 Å². The van der Waals surface area contributed by atoms with Crippen molar-refractivity contribution >= 4 is 15.8 Å². The van der Waals surface area contributed by atoms with E-state index in [1.54, 1.807) is 0 Å². The first-order valence-electron chi connectivity index (χ1n) is 6.16. The number of rotatable bonds is 6. The zero-order valence-corrected chi connectivity index (χ0v) is 12.2. The van der Waals surface area contributed by atoms with Crippen molar-refractivity contribution < 1.29 is 8.42 Å². The molecule has 1 aromatic heterocycles. The fourth-order valence-electron chi connectivity index (χ4n) is 1.72. The summed E-state index contributed by atoms with van der Waals surface area (Å²) in [5.74, 6) is 0.334. The van der Waals surface area contributed by atoms with Crippen molar-refractivity contribution in [3.05, 3.63) is 6.20 Å². The fraction of sp³-hybridized carbons (Fsp3) is 0.727. The number of hydrogen-bond acceptors (Lipinski definition) is 4. The molecule has 0 aliphatic carbocycles. The Balaban J connectivity index is 3.14. The van der Waals surface area contributed by atoms with Gasteiger partial charge in [-0.15, -0.1) is 0 Å². The van der Waals surface area contributed by atoms with Gasteiger partial charge in [-0.1, -0.05) is 20.8 Å². The molecular formula is C11H22N4O2S. The Bertz CT molecular complexity index is 493. The summed E-state index contributed by atoms with van der Waals surface area (Å²) in [7, 11) is -3.54. The van der Waals surface area contributed by atoms with Crippen molar-refractivity contribution in [1.82, 2.24) is 14.1 Å². The molecule has 1 aromatic rings. The second-order valence-electron chi connectivity index (χ2n) is 4.58. The lowest BCUT2D eigenvalue weighted by molar-refractivity contribution is 0.381. The molecule has 6 nitrogen and oxygen atoms in total. The number of aromatic nitrogens is 2. The van der Waals surface area contributed by atoms with E-state index in [-0.39, 0.29) is 16.6 Å². The van der Waals surface area contributed by atoms with Crippen LogP contribution in [0.5, 0.6) is 0 Å². The first-order valence-corrected chi connectivity index (χ1v) is 7.60. The van der Waals surface area contributed by atoms with E-state index in [1.807, 2.05) is 27.7 Å². The molecule has 1 heterocycles. The third-order valence-electron chi connectivity index (χ3n) is 2.62. The van der Waals surface area contributed by atoms with Crippen LogP contribution >= 0.6 is 0 Å². The summed E-state index contributed by atoms with van der Waals surface area (Å²) in [6.45, 7) is 9.17. The average molecular weight is 274 g/mol. The Morgan fingerprint density at radius 2 is 2.06 bits per heavy atom. The van der Waals surface area contributed by atoms with Crippen molar-refractivity contribution in [2.75, 3.05) is 18.8 Å². The number of hydrogen-bond donors (Lipinski definition) is 1. The van der Waals surface area contributed by atoms with E-state index in [0.29, 0.717) is 19.6 Å². The van der Waals surface area contributed by atoms with Crippen molar-refractivity contribution in [2.45, 2.75) is 39.1 Å². The first-order chi connectivity index (χ1) is 8.32. The van der Waals surface area contributed by atoms with Crippen molar-refractivity contribution in [1.29, 1.82) is 0 Å². The van der Waals surface area contributed by atoms with Gasteiger partial charge in [-0.25, -0.2) is 8.42 Å². The summed E-state index contributed by atoms with van der Waals surface area (Å²) >= 11 is 0. The molecular weight excluding hydrogens is 252 g/mol. The Kier molecular flexibility index (Phi) is 4.75. The van der Waals surface area contributed by atoms with Crippen LogP contribution in [0.3, 0.4) is 0 Å². The van der Waals surface area contributed by atoms with Crippen molar-refractivity contribution in [2.24, 2.45) is 5.92 Å². The van der Waals surface area contributed by atoms with Gasteiger partial charge in [0.15, 0.2) is 5.82 Å². The Labute approximate surface area is 109 Å². The minimum Gasteiger partial charge on any atom is -0.381 e. The van der Waals surface area contributed by atoms with Gasteiger partial charge < -0.3 is 5.73 Å². The summed E-state index contributed by atoms with van der Waals surface area (Å²) in [6.07, 6.45) is 1.49. The van der Waals surface area contributed by atoms with E-state index in [9.17, 15) is 8.42 Å². The van der Waals surface area contributed by atoms with Crippen molar-refractivity contribution in [3.8, 4) is 0 Å². The van der Waals surface area contributed by atoms with Gasteiger partial charge in [0.25, 0.3) is 0 Å². The van der Waals surface area contributed by atoms with Gasteiger partial charge in [-0.05, 0) is 12.8 Å². The topological polar surface area (TPSA) is 81.2 Å². The van der Waals surface area contributed by atoms with Crippen LogP contribution in [0.4, 0.5) is 5.82 Å². The maximum absolute atomic E-state index is 12.4. The summed E-state index contributed by atoms with van der Waals surface area (Å²) in [5.41, 5.74) is 5.69. The molecule has 0 spiro atoms. The lowest BCUT2D eigenvalue weighted by Crippen LogP contribution is -2.34. The molecule has 1 rings (SSSR count). The number of sulfonamides is 1. The normalized spacial score (nSPS) is 12.6. The van der Waals surface area contributed by atoms with Gasteiger partial charge >= 0.3 is 0 Å². The zero-order valence-electron chi connectivity index (χ0n) is 11.4. The Morgan fingerprint density at radius 1 is 1.44 bits per heavy atom. The standard InChI is InChI=1S/C11H22N4O2S/c1-5-14-8-10(11(12)13-14)18(16,17)15(6-2)7-9(3)4/h8-9H,5-7H2,1-4H3,(H2,12,13). The van der Waals surface area contributed by atoms with Gasteiger partial charge in [-0.3, -0.25) is 4.68 Å². The highest BCUT2D eigenvalue weighted by atomic mass is 32.2. The molecule has 0 fully saturated rings. The predicted octanol–water partition coefficient (Wildman–Crippen LogP) is 1.15. The van der Waals surface area contributed by atoms with Gasteiger partial charge in [0.1, 0.15) is 4.90 Å². The van der Waals surface area contributed by atoms with Gasteiger partial charge in [0, 0.05) is 25.8 Å².